The zero-order valence-electron chi connectivity index (χ0n) is 21.2. The van der Waals surface area contributed by atoms with E-state index in [0.29, 0.717) is 21.0 Å². The zero-order valence-corrected chi connectivity index (χ0v) is 22.8. The molecule has 4 aromatic carbocycles. The van der Waals surface area contributed by atoms with Crippen LogP contribution in [0.2, 0.25) is 0 Å². The van der Waals surface area contributed by atoms with Crippen molar-refractivity contribution in [3.05, 3.63) is 144 Å². The topological polar surface area (TPSA) is 68.0 Å². The molecule has 6 aromatic rings. The number of hydrogen-bond acceptors (Lipinski definition) is 6. The Kier molecular flexibility index (Phi) is 7.57. The average Bonchev–Trinajstić information content (AvgIpc) is 3.66. The van der Waals surface area contributed by atoms with E-state index >= 15 is 0 Å². The van der Waals surface area contributed by atoms with Gasteiger partial charge in [0.25, 0.3) is 0 Å². The molecule has 0 saturated carbocycles. The summed E-state index contributed by atoms with van der Waals surface area (Å²) in [5.74, 6) is 0. The normalized spacial score (nSPS) is 11.9. The number of para-hydroxylation sites is 2. The van der Waals surface area contributed by atoms with Gasteiger partial charge in [-0.05, 0) is 30.3 Å². The minimum Gasteiger partial charge on any atom is -0.330 e. The molecule has 40 heavy (non-hydrogen) atoms. The van der Waals surface area contributed by atoms with E-state index in [4.69, 9.17) is 21.7 Å². The highest BCUT2D eigenvalue weighted by atomic mass is 35.5. The zero-order chi connectivity index (χ0) is 27.1. The second-order valence-corrected chi connectivity index (χ2v) is 10.1. The Bertz CT molecular complexity index is 1760. The molecule has 0 atom stereocenters. The van der Waals surface area contributed by atoms with E-state index in [1.54, 1.807) is 0 Å². The summed E-state index contributed by atoms with van der Waals surface area (Å²) in [5.41, 5.74) is 5.96. The Hall–Kier alpha value is -4.85. The number of aromatic nitrogens is 4. The SMILES string of the molecule is ClC(=N/C(=C\c1cn(-c2ccccc2)nc1-c1ccccc1)c1nnc(Nc2ccccc2)s1)c1ccccc1. The highest BCUT2D eigenvalue weighted by molar-refractivity contribution is 7.16. The number of rotatable bonds is 8. The maximum atomic E-state index is 6.74. The third kappa shape index (κ3) is 5.91. The van der Waals surface area contributed by atoms with Crippen molar-refractivity contribution in [2.45, 2.75) is 0 Å². The molecule has 1 N–H and O–H groups in total. The van der Waals surface area contributed by atoms with E-state index in [0.717, 1.165) is 33.8 Å². The first kappa shape index (κ1) is 25.4. The predicted octanol–water partition coefficient (Wildman–Crippen LogP) is 8.32. The summed E-state index contributed by atoms with van der Waals surface area (Å²) in [6.07, 6.45) is 3.96. The first-order valence-corrected chi connectivity index (χ1v) is 13.8. The third-order valence-electron chi connectivity index (χ3n) is 6.00. The highest BCUT2D eigenvalue weighted by Crippen LogP contribution is 2.32. The van der Waals surface area contributed by atoms with Crippen LogP contribution in [-0.4, -0.2) is 25.1 Å². The van der Waals surface area contributed by atoms with Crippen LogP contribution < -0.4 is 5.32 Å². The van der Waals surface area contributed by atoms with Crippen LogP contribution >= 0.6 is 22.9 Å². The summed E-state index contributed by atoms with van der Waals surface area (Å²) in [5, 5.41) is 18.7. The third-order valence-corrected chi connectivity index (χ3v) is 7.17. The Labute approximate surface area is 241 Å². The van der Waals surface area contributed by atoms with Gasteiger partial charge in [0.15, 0.2) is 5.01 Å². The molecule has 2 heterocycles. The lowest BCUT2D eigenvalue weighted by Gasteiger charge is -2.03. The monoisotopic (exact) mass is 558 g/mol. The molecule has 0 saturated heterocycles. The van der Waals surface area contributed by atoms with Crippen LogP contribution in [0.1, 0.15) is 16.1 Å². The molecule has 6 rings (SSSR count). The van der Waals surface area contributed by atoms with Crippen LogP contribution in [0.5, 0.6) is 0 Å². The molecule has 6 nitrogen and oxygen atoms in total. The molecule has 0 radical (unpaired) electrons. The molecule has 0 aliphatic carbocycles. The average molecular weight is 559 g/mol. The number of nitrogens with one attached hydrogen (secondary N) is 1. The Balaban J connectivity index is 1.47. The smallest absolute Gasteiger partial charge is 0.210 e. The molecule has 0 bridgehead atoms. The van der Waals surface area contributed by atoms with Gasteiger partial charge in [-0.15, -0.1) is 10.2 Å². The Morgan fingerprint density at radius 3 is 2.10 bits per heavy atom. The maximum absolute atomic E-state index is 6.74. The van der Waals surface area contributed by atoms with Crippen molar-refractivity contribution in [2.75, 3.05) is 5.32 Å². The van der Waals surface area contributed by atoms with E-state index in [9.17, 15) is 0 Å². The number of anilines is 2. The molecule has 0 amide bonds. The minimum absolute atomic E-state index is 0.358. The molecule has 0 aliphatic heterocycles. The van der Waals surface area contributed by atoms with E-state index in [2.05, 4.69) is 15.5 Å². The maximum Gasteiger partial charge on any atom is 0.210 e. The summed E-state index contributed by atoms with van der Waals surface area (Å²) >= 11 is 8.14. The molecule has 194 valence electrons. The van der Waals surface area contributed by atoms with Gasteiger partial charge >= 0.3 is 0 Å². The standard InChI is InChI=1S/C32H23ClN6S/c33-30(24-15-7-2-8-16-24)35-28(31-36-37-32(40-31)34-26-17-9-3-10-18-26)21-25-22-39(27-19-11-4-12-20-27)38-29(25)23-13-5-1-6-14-23/h1-22H,(H,34,37)/b28-21-,35-30?. The Morgan fingerprint density at radius 1 is 0.775 bits per heavy atom. The second-order valence-electron chi connectivity index (χ2n) is 8.78. The minimum atomic E-state index is 0.358. The van der Waals surface area contributed by atoms with Gasteiger partial charge < -0.3 is 5.32 Å². The van der Waals surface area contributed by atoms with Crippen molar-refractivity contribution in [2.24, 2.45) is 4.99 Å². The summed E-state index contributed by atoms with van der Waals surface area (Å²) in [6.45, 7) is 0. The molecule has 2 aromatic heterocycles. The lowest BCUT2D eigenvalue weighted by atomic mass is 10.1. The second kappa shape index (κ2) is 11.9. The summed E-state index contributed by atoms with van der Waals surface area (Å²) in [6, 6.07) is 39.6. The van der Waals surface area contributed by atoms with Gasteiger partial charge in [-0.25, -0.2) is 9.67 Å². The van der Waals surface area contributed by atoms with Crippen LogP contribution in [0.25, 0.3) is 28.7 Å². The fourth-order valence-corrected chi connectivity index (χ4v) is 5.03. The molecular formula is C32H23ClN6S. The fraction of sp³-hybridized carbons (Fsp3) is 0. The van der Waals surface area contributed by atoms with Gasteiger partial charge in [0, 0.05) is 28.6 Å². The lowest BCUT2D eigenvalue weighted by Crippen LogP contribution is -1.93. The van der Waals surface area contributed by atoms with Crippen molar-refractivity contribution < 1.29 is 0 Å². The molecular weight excluding hydrogens is 536 g/mol. The van der Waals surface area contributed by atoms with Gasteiger partial charge in [-0.2, -0.15) is 5.10 Å². The van der Waals surface area contributed by atoms with E-state index < -0.39 is 0 Å². The summed E-state index contributed by atoms with van der Waals surface area (Å²) in [7, 11) is 0. The van der Waals surface area contributed by atoms with Gasteiger partial charge in [0.1, 0.15) is 16.6 Å². The predicted molar refractivity (Wildman–Crippen MR) is 165 cm³/mol. The van der Waals surface area contributed by atoms with E-state index in [-0.39, 0.29) is 0 Å². The van der Waals surface area contributed by atoms with Gasteiger partial charge in [-0.1, -0.05) is 120 Å². The molecule has 0 fully saturated rings. The van der Waals surface area contributed by atoms with Crippen molar-refractivity contribution in [3.8, 4) is 16.9 Å². The van der Waals surface area contributed by atoms with E-state index in [1.807, 2.05) is 138 Å². The van der Waals surface area contributed by atoms with Crippen LogP contribution in [0, 0.1) is 0 Å². The van der Waals surface area contributed by atoms with Gasteiger partial charge in [-0.3, -0.25) is 0 Å². The number of aliphatic imine (C=N–C) groups is 1. The number of hydrogen-bond donors (Lipinski definition) is 1. The number of benzene rings is 4. The van der Waals surface area contributed by atoms with E-state index in [1.165, 1.54) is 11.3 Å². The largest absolute Gasteiger partial charge is 0.330 e. The molecule has 0 aliphatic rings. The van der Waals surface area contributed by atoms with Crippen molar-refractivity contribution in [3.63, 3.8) is 0 Å². The number of nitrogens with zero attached hydrogens (tertiary/aromatic N) is 5. The number of halogens is 1. The first-order chi connectivity index (χ1) is 19.7. The lowest BCUT2D eigenvalue weighted by molar-refractivity contribution is 0.884. The first-order valence-electron chi connectivity index (χ1n) is 12.6. The fourth-order valence-electron chi connectivity index (χ4n) is 4.08. The highest BCUT2D eigenvalue weighted by Gasteiger charge is 2.16. The summed E-state index contributed by atoms with van der Waals surface area (Å²) < 4.78 is 1.87. The molecule has 0 unspecified atom stereocenters. The van der Waals surface area contributed by atoms with Crippen LogP contribution in [-0.2, 0) is 0 Å². The summed E-state index contributed by atoms with van der Waals surface area (Å²) in [4.78, 5) is 4.84. The van der Waals surface area contributed by atoms with Gasteiger partial charge in [0.05, 0.1) is 5.69 Å². The van der Waals surface area contributed by atoms with Crippen LogP contribution in [0.3, 0.4) is 0 Å². The van der Waals surface area contributed by atoms with Crippen molar-refractivity contribution in [1.29, 1.82) is 0 Å². The quantitative estimate of drug-likeness (QED) is 0.191. The van der Waals surface area contributed by atoms with Crippen molar-refractivity contribution >= 4 is 50.7 Å². The van der Waals surface area contributed by atoms with Gasteiger partial charge in [0.2, 0.25) is 5.13 Å². The molecule has 0 spiro atoms. The Morgan fingerprint density at radius 2 is 1.40 bits per heavy atom. The molecule has 8 heteroatoms. The van der Waals surface area contributed by atoms with Crippen LogP contribution in [0.15, 0.2) is 133 Å². The van der Waals surface area contributed by atoms with Crippen molar-refractivity contribution in [1.82, 2.24) is 20.0 Å². The van der Waals surface area contributed by atoms with Crippen LogP contribution in [0.4, 0.5) is 10.8 Å².